The molecule has 0 aliphatic rings. The first kappa shape index (κ1) is 13.2. The van der Waals surface area contributed by atoms with Crippen LogP contribution in [-0.2, 0) is 0 Å². The van der Waals surface area contributed by atoms with Crippen LogP contribution in [0, 0.1) is 11.8 Å². The fraction of sp³-hybridized carbons (Fsp3) is 0. The van der Waals surface area contributed by atoms with Gasteiger partial charge in [0.05, 0.1) is 0 Å². The van der Waals surface area contributed by atoms with Crippen LogP contribution in [0.25, 0.3) is 17.0 Å². The summed E-state index contributed by atoms with van der Waals surface area (Å²) in [5.74, 6) is 7.00. The highest BCUT2D eigenvalue weighted by atomic mass is 15.2. The van der Waals surface area contributed by atoms with E-state index >= 15 is 0 Å². The maximum absolute atomic E-state index is 4.28. The molecule has 23 heavy (non-hydrogen) atoms. The van der Waals surface area contributed by atoms with E-state index in [0.717, 1.165) is 28.3 Å². The zero-order valence-electron chi connectivity index (χ0n) is 12.2. The smallest absolute Gasteiger partial charge is 0.168 e. The Balaban J connectivity index is 1.78. The van der Waals surface area contributed by atoms with Crippen molar-refractivity contribution in [2.75, 3.05) is 0 Å². The van der Waals surface area contributed by atoms with Crippen molar-refractivity contribution in [3.8, 4) is 23.2 Å². The van der Waals surface area contributed by atoms with Gasteiger partial charge in [0, 0.05) is 23.5 Å². The van der Waals surface area contributed by atoms with Gasteiger partial charge in [-0.25, -0.2) is 4.98 Å². The lowest BCUT2D eigenvalue weighted by Gasteiger charge is -2.00. The Morgan fingerprint density at radius 1 is 0.783 bits per heavy atom. The Hall–Kier alpha value is -3.45. The second-order valence-corrected chi connectivity index (χ2v) is 5.00. The minimum absolute atomic E-state index is 0.750. The molecule has 0 saturated carbocycles. The number of nitrogens with zero attached hydrogens (tertiary/aromatic N) is 4. The molecule has 0 saturated heterocycles. The Bertz CT molecular complexity index is 1010. The molecular formula is C19H12N4. The number of rotatable bonds is 1. The van der Waals surface area contributed by atoms with Crippen molar-refractivity contribution in [3.63, 3.8) is 0 Å². The van der Waals surface area contributed by atoms with Crippen molar-refractivity contribution >= 4 is 5.65 Å². The average Bonchev–Trinajstić information content (AvgIpc) is 3.05. The van der Waals surface area contributed by atoms with Crippen molar-refractivity contribution in [2.45, 2.75) is 0 Å². The molecule has 0 bridgehead atoms. The van der Waals surface area contributed by atoms with Crippen LogP contribution in [0.5, 0.6) is 0 Å². The molecule has 0 fully saturated rings. The third-order valence-corrected chi connectivity index (χ3v) is 3.43. The van der Waals surface area contributed by atoms with Gasteiger partial charge in [0.1, 0.15) is 5.69 Å². The summed E-state index contributed by atoms with van der Waals surface area (Å²) in [5, 5.41) is 8.48. The predicted octanol–water partition coefficient (Wildman–Crippen LogP) is 3.19. The molecule has 0 amide bonds. The monoisotopic (exact) mass is 296 g/mol. The van der Waals surface area contributed by atoms with Gasteiger partial charge in [-0.2, -0.15) is 0 Å². The van der Waals surface area contributed by atoms with Gasteiger partial charge in [0.25, 0.3) is 0 Å². The SMILES string of the molecule is C(#Cc1ccccn1)c1ccc2nnc(-c3ccccc3)n2c1. The molecule has 0 radical (unpaired) electrons. The Morgan fingerprint density at radius 3 is 2.48 bits per heavy atom. The zero-order chi connectivity index (χ0) is 15.5. The van der Waals surface area contributed by atoms with Crippen molar-refractivity contribution in [1.29, 1.82) is 0 Å². The van der Waals surface area contributed by atoms with E-state index in [4.69, 9.17) is 0 Å². The normalized spacial score (nSPS) is 10.3. The first-order valence-corrected chi connectivity index (χ1v) is 7.23. The van der Waals surface area contributed by atoms with Gasteiger partial charge in [0.15, 0.2) is 11.5 Å². The molecule has 0 unspecified atom stereocenters. The van der Waals surface area contributed by atoms with Crippen LogP contribution in [0.15, 0.2) is 73.1 Å². The lowest BCUT2D eigenvalue weighted by atomic mass is 10.2. The van der Waals surface area contributed by atoms with E-state index < -0.39 is 0 Å². The standard InChI is InChI=1S/C19H12N4/c1-2-6-16(7-3-1)19-22-21-18-12-10-15(14-23(18)19)9-11-17-8-4-5-13-20-17/h1-8,10,12-14H. The predicted molar refractivity (Wildman–Crippen MR) is 88.6 cm³/mol. The zero-order valence-corrected chi connectivity index (χ0v) is 12.2. The van der Waals surface area contributed by atoms with E-state index in [1.54, 1.807) is 6.20 Å². The molecule has 4 heteroatoms. The molecule has 4 rings (SSSR count). The summed E-state index contributed by atoms with van der Waals surface area (Å²) in [7, 11) is 0. The largest absolute Gasteiger partial charge is 0.281 e. The Labute approximate surface area is 133 Å². The maximum Gasteiger partial charge on any atom is 0.168 e. The van der Waals surface area contributed by atoms with Crippen LogP contribution >= 0.6 is 0 Å². The number of pyridine rings is 2. The van der Waals surface area contributed by atoms with E-state index in [-0.39, 0.29) is 0 Å². The molecule has 1 aromatic carbocycles. The first-order valence-electron chi connectivity index (χ1n) is 7.23. The first-order chi connectivity index (χ1) is 11.4. The molecule has 4 nitrogen and oxygen atoms in total. The molecule has 0 atom stereocenters. The van der Waals surface area contributed by atoms with Crippen LogP contribution < -0.4 is 0 Å². The summed E-state index contributed by atoms with van der Waals surface area (Å²) in [5.41, 5.74) is 3.46. The van der Waals surface area contributed by atoms with Gasteiger partial charge in [0.2, 0.25) is 0 Å². The summed E-state index contributed by atoms with van der Waals surface area (Å²) in [6.45, 7) is 0. The molecule has 0 aliphatic heterocycles. The topological polar surface area (TPSA) is 43.1 Å². The summed E-state index contributed by atoms with van der Waals surface area (Å²) in [4.78, 5) is 4.21. The second-order valence-electron chi connectivity index (χ2n) is 5.00. The molecule has 108 valence electrons. The fourth-order valence-electron chi connectivity index (χ4n) is 2.32. The van der Waals surface area contributed by atoms with Crippen molar-refractivity contribution < 1.29 is 0 Å². The van der Waals surface area contributed by atoms with Gasteiger partial charge in [-0.15, -0.1) is 10.2 Å². The Morgan fingerprint density at radius 2 is 1.65 bits per heavy atom. The van der Waals surface area contributed by atoms with Crippen LogP contribution in [0.4, 0.5) is 0 Å². The third kappa shape index (κ3) is 2.68. The average molecular weight is 296 g/mol. The molecule has 0 N–H and O–H groups in total. The van der Waals surface area contributed by atoms with E-state index in [1.165, 1.54) is 0 Å². The number of benzene rings is 1. The molecular weight excluding hydrogens is 284 g/mol. The lowest BCUT2D eigenvalue weighted by molar-refractivity contribution is 1.11. The van der Waals surface area contributed by atoms with Crippen molar-refractivity contribution in [3.05, 3.63) is 84.3 Å². The highest BCUT2D eigenvalue weighted by Gasteiger charge is 2.07. The highest BCUT2D eigenvalue weighted by molar-refractivity contribution is 5.60. The fourth-order valence-corrected chi connectivity index (χ4v) is 2.32. The van der Waals surface area contributed by atoms with Crippen molar-refractivity contribution in [1.82, 2.24) is 19.6 Å². The summed E-state index contributed by atoms with van der Waals surface area (Å²) < 4.78 is 1.96. The van der Waals surface area contributed by atoms with Crippen LogP contribution in [0.3, 0.4) is 0 Å². The van der Waals surface area contributed by atoms with E-state index in [9.17, 15) is 0 Å². The van der Waals surface area contributed by atoms with Gasteiger partial charge < -0.3 is 0 Å². The van der Waals surface area contributed by atoms with Gasteiger partial charge in [-0.1, -0.05) is 42.3 Å². The van der Waals surface area contributed by atoms with E-state index in [1.807, 2.05) is 71.3 Å². The number of hydrogen-bond acceptors (Lipinski definition) is 3. The molecule has 4 aromatic rings. The van der Waals surface area contributed by atoms with Crippen LogP contribution in [0.2, 0.25) is 0 Å². The third-order valence-electron chi connectivity index (χ3n) is 3.43. The summed E-state index contributed by atoms with van der Waals surface area (Å²) >= 11 is 0. The lowest BCUT2D eigenvalue weighted by Crippen LogP contribution is -1.90. The minimum atomic E-state index is 0.750. The quantitative estimate of drug-likeness (QED) is 0.507. The Kier molecular flexibility index (Phi) is 3.30. The van der Waals surface area contributed by atoms with Gasteiger partial charge in [-0.3, -0.25) is 4.40 Å². The molecule has 0 aliphatic carbocycles. The van der Waals surface area contributed by atoms with Crippen LogP contribution in [0.1, 0.15) is 11.3 Å². The highest BCUT2D eigenvalue weighted by Crippen LogP contribution is 2.18. The summed E-state index contributed by atoms with van der Waals surface area (Å²) in [6, 6.07) is 19.5. The van der Waals surface area contributed by atoms with Crippen LogP contribution in [-0.4, -0.2) is 19.6 Å². The van der Waals surface area contributed by atoms with E-state index in [2.05, 4.69) is 27.0 Å². The van der Waals surface area contributed by atoms with Crippen molar-refractivity contribution in [2.24, 2.45) is 0 Å². The maximum atomic E-state index is 4.28. The van der Waals surface area contributed by atoms with E-state index in [0.29, 0.717) is 0 Å². The second kappa shape index (κ2) is 5.74. The van der Waals surface area contributed by atoms with Gasteiger partial charge >= 0.3 is 0 Å². The summed E-state index contributed by atoms with van der Waals surface area (Å²) in [6.07, 6.45) is 3.69. The molecule has 3 aromatic heterocycles. The number of hydrogen-bond donors (Lipinski definition) is 0. The number of fused-ring (bicyclic) bond motifs is 1. The minimum Gasteiger partial charge on any atom is -0.281 e. The molecule has 3 heterocycles. The number of aromatic nitrogens is 4. The molecule has 0 spiro atoms. The van der Waals surface area contributed by atoms with Gasteiger partial charge in [-0.05, 0) is 30.2 Å².